The number of nitrogens with zero attached hydrogens (tertiary/aromatic N) is 1. The Hall–Kier alpha value is -0.570. The van der Waals surface area contributed by atoms with E-state index in [1.165, 1.54) is 32.1 Å². The number of ether oxygens (including phenoxy) is 1. The molecule has 1 heterocycles. The fourth-order valence-corrected chi connectivity index (χ4v) is 2.85. The van der Waals surface area contributed by atoms with E-state index in [0.29, 0.717) is 12.0 Å². The summed E-state index contributed by atoms with van der Waals surface area (Å²) in [6, 6.07) is 0.380. The third kappa shape index (κ3) is 2.57. The first-order valence-electron chi connectivity index (χ1n) is 6.65. The van der Waals surface area contributed by atoms with Crippen molar-refractivity contribution in [2.24, 2.45) is 5.92 Å². The van der Waals surface area contributed by atoms with E-state index in [0.717, 1.165) is 19.0 Å². The van der Waals surface area contributed by atoms with Crippen LogP contribution in [0.4, 0.5) is 0 Å². The number of amidine groups is 1. The van der Waals surface area contributed by atoms with Crippen LogP contribution in [-0.4, -0.2) is 36.0 Å². The van der Waals surface area contributed by atoms with Crippen LogP contribution in [0.3, 0.4) is 0 Å². The Bertz CT molecular complexity index is 248. The molecule has 2 rings (SSSR count). The highest BCUT2D eigenvalue weighted by Crippen LogP contribution is 2.27. The normalized spacial score (nSPS) is 32.8. The van der Waals surface area contributed by atoms with Crippen LogP contribution in [-0.2, 0) is 4.74 Å². The second-order valence-corrected chi connectivity index (χ2v) is 5.37. The van der Waals surface area contributed by atoms with Crippen LogP contribution >= 0.6 is 0 Å². The fraction of sp³-hybridized carbons (Fsp3) is 0.923. The quantitative estimate of drug-likeness (QED) is 0.549. The minimum absolute atomic E-state index is 0.278. The minimum Gasteiger partial charge on any atom is -0.375 e. The van der Waals surface area contributed by atoms with Crippen LogP contribution in [0.2, 0.25) is 0 Å². The van der Waals surface area contributed by atoms with E-state index in [1.807, 2.05) is 0 Å². The van der Waals surface area contributed by atoms with Crippen molar-refractivity contribution < 1.29 is 4.74 Å². The SMILES string of the molecule is CC1CN(C(=N)C2CCCCC2)C(C)CO1. The van der Waals surface area contributed by atoms with Gasteiger partial charge in [0.1, 0.15) is 0 Å². The Morgan fingerprint density at radius 1 is 1.19 bits per heavy atom. The molecule has 1 N–H and O–H groups in total. The van der Waals surface area contributed by atoms with Gasteiger partial charge in [0.15, 0.2) is 0 Å². The standard InChI is InChI=1S/C13H24N2O/c1-10-9-16-11(2)8-15(10)13(14)12-6-4-3-5-7-12/h10-12,14H,3-9H2,1-2H3. The second kappa shape index (κ2) is 5.17. The first kappa shape index (κ1) is 11.9. The molecule has 2 fully saturated rings. The maximum Gasteiger partial charge on any atom is 0.0993 e. The zero-order valence-electron chi connectivity index (χ0n) is 10.5. The van der Waals surface area contributed by atoms with Crippen LogP contribution in [0.15, 0.2) is 0 Å². The molecule has 92 valence electrons. The Morgan fingerprint density at radius 3 is 2.56 bits per heavy atom. The van der Waals surface area contributed by atoms with Crippen LogP contribution in [0, 0.1) is 11.3 Å². The van der Waals surface area contributed by atoms with Gasteiger partial charge in [-0.05, 0) is 26.7 Å². The van der Waals surface area contributed by atoms with Crippen molar-refractivity contribution in [3.8, 4) is 0 Å². The highest BCUT2D eigenvalue weighted by Gasteiger charge is 2.29. The molecule has 16 heavy (non-hydrogen) atoms. The summed E-state index contributed by atoms with van der Waals surface area (Å²) in [7, 11) is 0. The Morgan fingerprint density at radius 2 is 1.88 bits per heavy atom. The van der Waals surface area contributed by atoms with Gasteiger partial charge in [0.05, 0.1) is 24.6 Å². The van der Waals surface area contributed by atoms with Crippen molar-refractivity contribution in [2.45, 2.75) is 58.1 Å². The fourth-order valence-electron chi connectivity index (χ4n) is 2.85. The third-order valence-corrected chi connectivity index (χ3v) is 3.91. The van der Waals surface area contributed by atoms with Crippen molar-refractivity contribution in [1.82, 2.24) is 4.90 Å². The highest BCUT2D eigenvalue weighted by atomic mass is 16.5. The van der Waals surface area contributed by atoms with Gasteiger partial charge in [-0.25, -0.2) is 0 Å². The summed E-state index contributed by atoms with van der Waals surface area (Å²) in [5.41, 5.74) is 0. The molecule has 3 nitrogen and oxygen atoms in total. The van der Waals surface area contributed by atoms with Gasteiger partial charge >= 0.3 is 0 Å². The molecule has 2 aliphatic rings. The Kier molecular flexibility index (Phi) is 3.85. The second-order valence-electron chi connectivity index (χ2n) is 5.37. The van der Waals surface area contributed by atoms with Crippen LogP contribution < -0.4 is 0 Å². The van der Waals surface area contributed by atoms with E-state index in [1.54, 1.807) is 0 Å². The predicted octanol–water partition coefficient (Wildman–Crippen LogP) is 2.65. The van der Waals surface area contributed by atoms with Gasteiger partial charge in [-0.15, -0.1) is 0 Å². The van der Waals surface area contributed by atoms with Gasteiger partial charge in [0.2, 0.25) is 0 Å². The molecule has 0 aromatic heterocycles. The summed E-state index contributed by atoms with van der Waals surface area (Å²) >= 11 is 0. The van der Waals surface area contributed by atoms with Crippen molar-refractivity contribution in [3.05, 3.63) is 0 Å². The van der Waals surface area contributed by atoms with Gasteiger partial charge in [0.25, 0.3) is 0 Å². The molecule has 0 radical (unpaired) electrons. The van der Waals surface area contributed by atoms with Crippen LogP contribution in [0.25, 0.3) is 0 Å². The topological polar surface area (TPSA) is 36.3 Å². The molecule has 1 saturated carbocycles. The summed E-state index contributed by atoms with van der Waals surface area (Å²) in [6.45, 7) is 5.95. The summed E-state index contributed by atoms with van der Waals surface area (Å²) in [6.07, 6.45) is 6.69. The maximum atomic E-state index is 8.37. The average Bonchev–Trinajstić information content (AvgIpc) is 2.32. The molecule has 1 aliphatic carbocycles. The molecular formula is C13H24N2O. The van der Waals surface area contributed by atoms with E-state index in [-0.39, 0.29) is 6.10 Å². The third-order valence-electron chi connectivity index (χ3n) is 3.91. The monoisotopic (exact) mass is 224 g/mol. The average molecular weight is 224 g/mol. The van der Waals surface area contributed by atoms with Crippen molar-refractivity contribution in [3.63, 3.8) is 0 Å². The zero-order valence-corrected chi connectivity index (χ0v) is 10.5. The van der Waals surface area contributed by atoms with E-state index in [9.17, 15) is 0 Å². The molecule has 2 atom stereocenters. The molecule has 2 unspecified atom stereocenters. The molecule has 0 aromatic rings. The Balaban J connectivity index is 1.96. The van der Waals surface area contributed by atoms with Gasteiger partial charge in [-0.3, -0.25) is 5.41 Å². The predicted molar refractivity (Wildman–Crippen MR) is 65.9 cm³/mol. The maximum absolute atomic E-state index is 8.37. The Labute approximate surface area is 98.7 Å². The van der Waals surface area contributed by atoms with Gasteiger partial charge in [0, 0.05) is 12.5 Å². The lowest BCUT2D eigenvalue weighted by atomic mass is 9.87. The highest BCUT2D eigenvalue weighted by molar-refractivity contribution is 5.82. The molecule has 3 heteroatoms. The summed E-state index contributed by atoms with van der Waals surface area (Å²) in [5, 5.41) is 8.37. The largest absolute Gasteiger partial charge is 0.375 e. The number of hydrogen-bond donors (Lipinski definition) is 1. The lowest BCUT2D eigenvalue weighted by Crippen LogP contribution is -2.52. The van der Waals surface area contributed by atoms with Crippen LogP contribution in [0.1, 0.15) is 46.0 Å². The first-order valence-corrected chi connectivity index (χ1v) is 6.65. The molecule has 0 amide bonds. The van der Waals surface area contributed by atoms with Crippen molar-refractivity contribution in [1.29, 1.82) is 5.41 Å². The van der Waals surface area contributed by atoms with Gasteiger partial charge in [-0.2, -0.15) is 0 Å². The molecule has 1 saturated heterocycles. The number of morpholine rings is 1. The summed E-state index contributed by atoms with van der Waals surface area (Å²) in [4.78, 5) is 2.27. The van der Waals surface area contributed by atoms with E-state index in [2.05, 4.69) is 18.7 Å². The minimum atomic E-state index is 0.278. The molecule has 1 aliphatic heterocycles. The van der Waals surface area contributed by atoms with E-state index >= 15 is 0 Å². The lowest BCUT2D eigenvalue weighted by Gasteiger charge is -2.41. The summed E-state index contributed by atoms with van der Waals surface area (Å²) in [5.74, 6) is 1.39. The van der Waals surface area contributed by atoms with Gasteiger partial charge < -0.3 is 9.64 Å². The zero-order chi connectivity index (χ0) is 11.5. The molecular weight excluding hydrogens is 200 g/mol. The van der Waals surface area contributed by atoms with Crippen LogP contribution in [0.5, 0.6) is 0 Å². The number of nitrogens with one attached hydrogen (secondary N) is 1. The molecule has 0 bridgehead atoms. The summed E-state index contributed by atoms with van der Waals surface area (Å²) < 4.78 is 5.62. The van der Waals surface area contributed by atoms with E-state index < -0.39 is 0 Å². The lowest BCUT2D eigenvalue weighted by molar-refractivity contribution is -0.0247. The van der Waals surface area contributed by atoms with Crippen molar-refractivity contribution in [2.75, 3.05) is 13.2 Å². The van der Waals surface area contributed by atoms with Gasteiger partial charge in [-0.1, -0.05) is 19.3 Å². The smallest absolute Gasteiger partial charge is 0.0993 e. The number of hydrogen-bond acceptors (Lipinski definition) is 2. The number of rotatable bonds is 1. The molecule has 0 spiro atoms. The van der Waals surface area contributed by atoms with E-state index in [4.69, 9.17) is 10.1 Å². The van der Waals surface area contributed by atoms with Crippen molar-refractivity contribution >= 4 is 5.84 Å². The molecule has 0 aromatic carbocycles. The first-order chi connectivity index (χ1) is 7.68.